The highest BCUT2D eigenvalue weighted by molar-refractivity contribution is 7.91. The van der Waals surface area contributed by atoms with Crippen LogP contribution in [0.1, 0.15) is 18.4 Å². The van der Waals surface area contributed by atoms with Crippen molar-refractivity contribution in [2.75, 3.05) is 64.4 Å². The lowest BCUT2D eigenvalue weighted by Crippen LogP contribution is -2.63. The number of rotatable bonds is 7. The maximum atomic E-state index is 13.6. The molecule has 0 unspecified atom stereocenters. The van der Waals surface area contributed by atoms with E-state index in [0.29, 0.717) is 52.4 Å². The first-order valence-electron chi connectivity index (χ1n) is 10.3. The van der Waals surface area contributed by atoms with Crippen LogP contribution in [0.3, 0.4) is 0 Å². The fourth-order valence-electron chi connectivity index (χ4n) is 4.25. The third-order valence-electron chi connectivity index (χ3n) is 6.26. The Balaban J connectivity index is 1.72. The predicted molar refractivity (Wildman–Crippen MR) is 114 cm³/mol. The van der Waals surface area contributed by atoms with Crippen LogP contribution < -0.4 is 10.4 Å². The number of carbonyl (C=O) groups excluding carboxylic acids is 1. The zero-order valence-corrected chi connectivity index (χ0v) is 18.5. The molecule has 1 amide bonds. The first-order valence-corrected chi connectivity index (χ1v) is 11.8. The van der Waals surface area contributed by atoms with Crippen LogP contribution in [0.25, 0.3) is 0 Å². The van der Waals surface area contributed by atoms with Gasteiger partial charge in [-0.2, -0.15) is 4.31 Å². The Bertz CT molecular complexity index is 814. The summed E-state index contributed by atoms with van der Waals surface area (Å²) in [6.07, 6.45) is 0.285. The summed E-state index contributed by atoms with van der Waals surface area (Å²) in [5, 5.41) is 9.31. The number of amides is 1. The average Bonchev–Trinajstić information content (AvgIpc) is 2.78. The van der Waals surface area contributed by atoms with Gasteiger partial charge in [-0.05, 0) is 31.9 Å². The maximum absolute atomic E-state index is 13.6. The molecule has 2 aliphatic heterocycles. The van der Waals surface area contributed by atoms with Gasteiger partial charge in [0.15, 0.2) is 4.75 Å². The third-order valence-corrected chi connectivity index (χ3v) is 8.89. The van der Waals surface area contributed by atoms with Crippen LogP contribution in [0.5, 0.6) is 0 Å². The second-order valence-electron chi connectivity index (χ2n) is 8.00. The number of carbonyl (C=O) groups is 1. The van der Waals surface area contributed by atoms with Gasteiger partial charge in [0.05, 0.1) is 6.61 Å². The lowest BCUT2D eigenvalue weighted by Gasteiger charge is -2.44. The Hall–Kier alpha value is -1.72. The van der Waals surface area contributed by atoms with Crippen molar-refractivity contribution in [2.24, 2.45) is 0 Å². The number of hydrogen-bond donors (Lipinski definition) is 2. The summed E-state index contributed by atoms with van der Waals surface area (Å²) < 4.78 is 32.0. The van der Waals surface area contributed by atoms with E-state index in [1.807, 2.05) is 31.2 Å². The van der Waals surface area contributed by atoms with Crippen LogP contribution in [-0.4, -0.2) is 93.0 Å². The second-order valence-corrected chi connectivity index (χ2v) is 10.2. The molecule has 10 heteroatoms. The van der Waals surface area contributed by atoms with Crippen molar-refractivity contribution < 1.29 is 23.2 Å². The molecule has 0 spiro atoms. The average molecular weight is 441 g/mol. The number of nitrogens with one attached hydrogen (secondary N) is 1. The van der Waals surface area contributed by atoms with Gasteiger partial charge in [-0.25, -0.2) is 13.9 Å². The van der Waals surface area contributed by atoms with Gasteiger partial charge in [-0.3, -0.25) is 10.0 Å². The smallest absolute Gasteiger partial charge is 0.266 e. The van der Waals surface area contributed by atoms with Gasteiger partial charge in [0.1, 0.15) is 0 Å². The fourth-order valence-corrected chi connectivity index (χ4v) is 6.37. The van der Waals surface area contributed by atoms with Crippen molar-refractivity contribution in [3.63, 3.8) is 0 Å². The molecule has 2 N–H and O–H groups in total. The summed E-state index contributed by atoms with van der Waals surface area (Å²) in [6.45, 7) is 5.90. The van der Waals surface area contributed by atoms with Crippen LogP contribution in [0.2, 0.25) is 0 Å². The summed E-state index contributed by atoms with van der Waals surface area (Å²) in [5.74, 6) is -0.838. The Morgan fingerprint density at radius 1 is 1.10 bits per heavy atom. The number of ether oxygens (including phenoxy) is 1. The molecular weight excluding hydrogens is 408 g/mol. The Kier molecular flexibility index (Phi) is 7.35. The van der Waals surface area contributed by atoms with Gasteiger partial charge in [0.2, 0.25) is 10.0 Å². The molecule has 0 aromatic heterocycles. The molecule has 0 atom stereocenters. The number of piperidine rings is 1. The zero-order chi connectivity index (χ0) is 21.8. The number of hydrogen-bond acceptors (Lipinski definition) is 7. The van der Waals surface area contributed by atoms with Crippen molar-refractivity contribution in [1.29, 1.82) is 0 Å². The molecule has 3 rings (SSSR count). The lowest BCUT2D eigenvalue weighted by molar-refractivity contribution is -0.133. The van der Waals surface area contributed by atoms with E-state index >= 15 is 0 Å². The molecule has 0 radical (unpaired) electrons. The summed E-state index contributed by atoms with van der Waals surface area (Å²) >= 11 is 0. The van der Waals surface area contributed by atoms with Crippen molar-refractivity contribution in [3.05, 3.63) is 29.8 Å². The number of likely N-dealkylation sites (tertiary alicyclic amines) is 1. The minimum atomic E-state index is -3.94. The van der Waals surface area contributed by atoms with Crippen LogP contribution in [0.15, 0.2) is 24.3 Å². The number of methoxy groups -OCH3 is 1. The normalized spacial score (nSPS) is 20.8. The largest absolute Gasteiger partial charge is 0.383 e. The van der Waals surface area contributed by atoms with E-state index in [2.05, 4.69) is 9.80 Å². The summed E-state index contributed by atoms with van der Waals surface area (Å²) in [4.78, 5) is 16.8. The second kappa shape index (κ2) is 9.61. The minimum Gasteiger partial charge on any atom is -0.383 e. The Labute approximate surface area is 178 Å². The highest BCUT2D eigenvalue weighted by Gasteiger charge is 2.55. The standard InChI is InChI=1S/C20H32N4O5S/c1-17-3-5-18(6-4-17)23-11-13-24(14-12-23)30(27,28)20(19(25)21-26)7-9-22(10-8-20)15-16-29-2/h3-6,26H,7-16H2,1-2H3,(H,21,25). The molecule has 0 bridgehead atoms. The molecular formula is C20H32N4O5S. The summed E-state index contributed by atoms with van der Waals surface area (Å²) in [6, 6.07) is 8.15. The molecule has 1 aromatic carbocycles. The Morgan fingerprint density at radius 2 is 1.70 bits per heavy atom. The molecule has 2 heterocycles. The van der Waals surface area contributed by atoms with E-state index in [1.165, 1.54) is 9.87 Å². The first-order chi connectivity index (χ1) is 14.3. The molecule has 0 aliphatic carbocycles. The van der Waals surface area contributed by atoms with Gasteiger partial charge < -0.3 is 14.5 Å². The number of piperazine rings is 1. The van der Waals surface area contributed by atoms with E-state index in [1.54, 1.807) is 12.6 Å². The quantitative estimate of drug-likeness (QED) is 0.468. The SMILES string of the molecule is COCCN1CCC(C(=O)NO)(S(=O)(=O)N2CCN(c3ccc(C)cc3)CC2)CC1. The van der Waals surface area contributed by atoms with Crippen LogP contribution in [-0.2, 0) is 19.6 Å². The highest BCUT2D eigenvalue weighted by Crippen LogP contribution is 2.34. The number of aryl methyl sites for hydroxylation is 1. The lowest BCUT2D eigenvalue weighted by atomic mass is 9.95. The van der Waals surface area contributed by atoms with Gasteiger partial charge >= 0.3 is 0 Å². The maximum Gasteiger partial charge on any atom is 0.266 e. The van der Waals surface area contributed by atoms with Crippen molar-refractivity contribution >= 4 is 21.6 Å². The monoisotopic (exact) mass is 440 g/mol. The number of sulfonamides is 1. The van der Waals surface area contributed by atoms with Gasteiger partial charge in [-0.15, -0.1) is 0 Å². The molecule has 0 saturated carbocycles. The number of benzene rings is 1. The summed E-state index contributed by atoms with van der Waals surface area (Å²) in [5.41, 5.74) is 3.86. The van der Waals surface area contributed by atoms with E-state index < -0.39 is 20.7 Å². The number of nitrogens with zero attached hydrogens (tertiary/aromatic N) is 3. The summed E-state index contributed by atoms with van der Waals surface area (Å²) in [7, 11) is -2.32. The number of anilines is 1. The molecule has 9 nitrogen and oxygen atoms in total. The van der Waals surface area contributed by atoms with Crippen LogP contribution >= 0.6 is 0 Å². The van der Waals surface area contributed by atoms with Gasteiger partial charge in [0, 0.05) is 58.6 Å². The minimum absolute atomic E-state index is 0.142. The third kappa shape index (κ3) is 4.47. The fraction of sp³-hybridized carbons (Fsp3) is 0.650. The van der Waals surface area contributed by atoms with Gasteiger partial charge in [0.25, 0.3) is 5.91 Å². The molecule has 1 aromatic rings. The molecule has 2 saturated heterocycles. The Morgan fingerprint density at radius 3 is 2.23 bits per heavy atom. The van der Waals surface area contributed by atoms with Crippen molar-refractivity contribution in [1.82, 2.24) is 14.7 Å². The zero-order valence-electron chi connectivity index (χ0n) is 17.7. The molecule has 168 valence electrons. The predicted octanol–water partition coefficient (Wildman–Crippen LogP) is 0.433. The van der Waals surface area contributed by atoms with E-state index in [0.717, 1.165) is 5.69 Å². The van der Waals surface area contributed by atoms with E-state index in [4.69, 9.17) is 4.74 Å². The first kappa shape index (κ1) is 23.0. The molecule has 30 heavy (non-hydrogen) atoms. The van der Waals surface area contributed by atoms with Gasteiger partial charge in [-0.1, -0.05) is 17.7 Å². The van der Waals surface area contributed by atoms with E-state index in [-0.39, 0.29) is 12.8 Å². The van der Waals surface area contributed by atoms with Crippen molar-refractivity contribution in [3.8, 4) is 0 Å². The molecule has 2 fully saturated rings. The van der Waals surface area contributed by atoms with Crippen molar-refractivity contribution in [2.45, 2.75) is 24.5 Å². The van der Waals surface area contributed by atoms with Crippen LogP contribution in [0.4, 0.5) is 5.69 Å². The van der Waals surface area contributed by atoms with E-state index in [9.17, 15) is 18.4 Å². The highest BCUT2D eigenvalue weighted by atomic mass is 32.2. The van der Waals surface area contributed by atoms with Crippen LogP contribution in [0, 0.1) is 6.92 Å². The number of hydroxylamine groups is 1. The molecule has 2 aliphatic rings. The topological polar surface area (TPSA) is 102 Å².